The molecule has 1 aromatic carbocycles. The number of rotatable bonds is 2. The van der Waals surface area contributed by atoms with Crippen molar-refractivity contribution in [3.63, 3.8) is 0 Å². The molecule has 1 atom stereocenters. The number of halogens is 1. The summed E-state index contributed by atoms with van der Waals surface area (Å²) in [6.45, 7) is 6.40. The van der Waals surface area contributed by atoms with Crippen molar-refractivity contribution in [1.82, 2.24) is 14.5 Å². The van der Waals surface area contributed by atoms with Gasteiger partial charge >= 0.3 is 6.09 Å². The van der Waals surface area contributed by atoms with Gasteiger partial charge in [-0.2, -0.15) is 0 Å². The van der Waals surface area contributed by atoms with E-state index in [9.17, 15) is 14.0 Å². The van der Waals surface area contributed by atoms with Gasteiger partial charge in [0.15, 0.2) is 0 Å². The first-order chi connectivity index (χ1) is 13.2. The van der Waals surface area contributed by atoms with Crippen LogP contribution in [0.2, 0.25) is 0 Å². The topological polar surface area (TPSA) is 64.4 Å². The maximum absolute atomic E-state index is 14.7. The summed E-state index contributed by atoms with van der Waals surface area (Å²) >= 11 is 0. The number of likely N-dealkylation sites (tertiary alicyclic amines) is 1. The maximum atomic E-state index is 14.7. The Kier molecular flexibility index (Phi) is 4.63. The summed E-state index contributed by atoms with van der Waals surface area (Å²) < 4.78 is 21.6. The van der Waals surface area contributed by atoms with Crippen LogP contribution in [-0.4, -0.2) is 39.2 Å². The predicted octanol–water partition coefficient (Wildman–Crippen LogP) is 3.99. The maximum Gasteiger partial charge on any atom is 0.410 e. The van der Waals surface area contributed by atoms with Gasteiger partial charge in [0.05, 0.1) is 17.9 Å². The molecule has 0 bridgehead atoms. The van der Waals surface area contributed by atoms with Gasteiger partial charge in [-0.05, 0) is 70.1 Å². The van der Waals surface area contributed by atoms with Gasteiger partial charge < -0.3 is 9.64 Å². The lowest BCUT2D eigenvalue weighted by molar-refractivity contribution is 0.0171. The van der Waals surface area contributed by atoms with Crippen LogP contribution < -0.4 is 5.56 Å². The van der Waals surface area contributed by atoms with Crippen LogP contribution in [0.25, 0.3) is 10.9 Å². The molecule has 2 fully saturated rings. The standard InChI is InChI=1S/C21H26FN3O3/c1-21(2,3)28-20(27)24-8-4-5-15(11-24)25-12-23-17-10-14(13-6-7-13)9-16(22)18(17)19(25)26/h9-10,12-13,15H,4-8,11H2,1-3H3. The Morgan fingerprint density at radius 2 is 2.00 bits per heavy atom. The van der Waals surface area contributed by atoms with Crippen molar-refractivity contribution in [1.29, 1.82) is 0 Å². The highest BCUT2D eigenvalue weighted by Gasteiger charge is 2.30. The number of hydrogen-bond acceptors (Lipinski definition) is 4. The molecule has 1 amide bonds. The normalized spacial score (nSPS) is 20.4. The van der Waals surface area contributed by atoms with E-state index in [1.54, 1.807) is 4.90 Å². The summed E-state index contributed by atoms with van der Waals surface area (Å²) in [6.07, 6.45) is 4.70. The van der Waals surface area contributed by atoms with Gasteiger partial charge in [0.1, 0.15) is 16.8 Å². The fourth-order valence-corrected chi connectivity index (χ4v) is 3.82. The number of carbonyl (C=O) groups excluding carboxylic acids is 1. The Morgan fingerprint density at radius 3 is 2.68 bits per heavy atom. The molecular weight excluding hydrogens is 361 g/mol. The van der Waals surface area contributed by atoms with Crippen LogP contribution in [0.3, 0.4) is 0 Å². The number of benzene rings is 1. The van der Waals surface area contributed by atoms with Gasteiger partial charge in [0.2, 0.25) is 0 Å². The molecule has 0 radical (unpaired) electrons. The smallest absolute Gasteiger partial charge is 0.410 e. The number of amides is 1. The lowest BCUT2D eigenvalue weighted by Crippen LogP contribution is -2.45. The summed E-state index contributed by atoms with van der Waals surface area (Å²) in [7, 11) is 0. The van der Waals surface area contributed by atoms with Crippen molar-refractivity contribution in [3.8, 4) is 0 Å². The molecule has 2 heterocycles. The van der Waals surface area contributed by atoms with Crippen molar-refractivity contribution in [3.05, 3.63) is 40.2 Å². The van der Waals surface area contributed by atoms with Crippen molar-refractivity contribution in [2.45, 2.75) is 64.0 Å². The van der Waals surface area contributed by atoms with E-state index in [0.29, 0.717) is 24.5 Å². The minimum absolute atomic E-state index is 0.0290. The van der Waals surface area contributed by atoms with Crippen molar-refractivity contribution in [2.75, 3.05) is 13.1 Å². The zero-order valence-corrected chi connectivity index (χ0v) is 16.6. The second-order valence-corrected chi connectivity index (χ2v) is 8.85. The average molecular weight is 387 g/mol. The first-order valence-electron chi connectivity index (χ1n) is 9.91. The fourth-order valence-electron chi connectivity index (χ4n) is 3.82. The summed E-state index contributed by atoms with van der Waals surface area (Å²) in [5, 5.41) is 0.0290. The van der Waals surface area contributed by atoms with Crippen LogP contribution in [0.15, 0.2) is 23.3 Å². The highest BCUT2D eigenvalue weighted by molar-refractivity contribution is 5.79. The second-order valence-electron chi connectivity index (χ2n) is 8.85. The van der Waals surface area contributed by atoms with Crippen LogP contribution in [-0.2, 0) is 4.74 Å². The van der Waals surface area contributed by atoms with E-state index in [0.717, 1.165) is 31.2 Å². The minimum atomic E-state index is -0.576. The Bertz CT molecular complexity index is 975. The lowest BCUT2D eigenvalue weighted by atomic mass is 10.0. The molecule has 2 aliphatic rings. The molecule has 1 aliphatic heterocycles. The molecule has 4 rings (SSSR count). The molecule has 2 aromatic rings. The molecule has 7 heteroatoms. The Morgan fingerprint density at radius 1 is 1.25 bits per heavy atom. The largest absolute Gasteiger partial charge is 0.444 e. The summed E-state index contributed by atoms with van der Waals surface area (Å²) in [5.41, 5.74) is 0.362. The second kappa shape index (κ2) is 6.87. The Balaban J connectivity index is 1.62. The molecule has 1 saturated heterocycles. The number of piperidine rings is 1. The van der Waals surface area contributed by atoms with E-state index in [4.69, 9.17) is 4.74 Å². The van der Waals surface area contributed by atoms with Crippen molar-refractivity contribution < 1.29 is 13.9 Å². The van der Waals surface area contributed by atoms with E-state index in [2.05, 4.69) is 4.98 Å². The fraction of sp³-hybridized carbons (Fsp3) is 0.571. The molecule has 0 N–H and O–H groups in total. The van der Waals surface area contributed by atoms with Crippen molar-refractivity contribution >= 4 is 17.0 Å². The molecule has 6 nitrogen and oxygen atoms in total. The number of hydrogen-bond donors (Lipinski definition) is 0. The van der Waals surface area contributed by atoms with Crippen LogP contribution in [0.1, 0.15) is 64.0 Å². The van der Waals surface area contributed by atoms with E-state index in [-0.39, 0.29) is 23.1 Å². The first kappa shape index (κ1) is 18.9. The quantitative estimate of drug-likeness (QED) is 0.782. The highest BCUT2D eigenvalue weighted by atomic mass is 19.1. The van der Waals surface area contributed by atoms with Gasteiger partial charge in [-0.15, -0.1) is 0 Å². The van der Waals surface area contributed by atoms with Crippen LogP contribution in [0.5, 0.6) is 0 Å². The highest BCUT2D eigenvalue weighted by Crippen LogP contribution is 2.41. The molecule has 28 heavy (non-hydrogen) atoms. The van der Waals surface area contributed by atoms with Gasteiger partial charge in [0.25, 0.3) is 5.56 Å². The third kappa shape index (κ3) is 3.75. The minimum Gasteiger partial charge on any atom is -0.444 e. The molecule has 1 aromatic heterocycles. The molecular formula is C21H26FN3O3. The molecule has 1 unspecified atom stereocenters. The summed E-state index contributed by atoms with van der Waals surface area (Å²) in [4.78, 5) is 31.4. The third-order valence-electron chi connectivity index (χ3n) is 5.35. The molecule has 150 valence electrons. The zero-order valence-electron chi connectivity index (χ0n) is 16.6. The van der Waals surface area contributed by atoms with E-state index >= 15 is 0 Å². The number of carbonyl (C=O) groups is 1. The number of nitrogens with zero attached hydrogens (tertiary/aromatic N) is 3. The average Bonchev–Trinajstić information content (AvgIpc) is 3.45. The van der Waals surface area contributed by atoms with Gasteiger partial charge in [0, 0.05) is 13.1 Å². The van der Waals surface area contributed by atoms with E-state index < -0.39 is 11.4 Å². The third-order valence-corrected chi connectivity index (χ3v) is 5.35. The number of fused-ring (bicyclic) bond motifs is 1. The molecule has 0 spiro atoms. The van der Waals surface area contributed by atoms with E-state index in [1.165, 1.54) is 17.0 Å². The van der Waals surface area contributed by atoms with E-state index in [1.807, 2.05) is 26.8 Å². The zero-order chi connectivity index (χ0) is 20.1. The first-order valence-corrected chi connectivity index (χ1v) is 9.91. The monoisotopic (exact) mass is 387 g/mol. The summed E-state index contributed by atoms with van der Waals surface area (Å²) in [5.74, 6) is -0.116. The Hall–Kier alpha value is -2.44. The van der Waals surface area contributed by atoms with Gasteiger partial charge in [-0.1, -0.05) is 0 Å². The van der Waals surface area contributed by atoms with Crippen LogP contribution in [0.4, 0.5) is 9.18 Å². The van der Waals surface area contributed by atoms with Gasteiger partial charge in [-0.25, -0.2) is 14.2 Å². The SMILES string of the molecule is CC(C)(C)OC(=O)N1CCCC(n2cnc3cc(C4CC4)cc(F)c3c2=O)C1. The predicted molar refractivity (Wildman–Crippen MR) is 104 cm³/mol. The van der Waals surface area contributed by atoms with Gasteiger partial charge in [-0.3, -0.25) is 9.36 Å². The van der Waals surface area contributed by atoms with Crippen LogP contribution in [0, 0.1) is 5.82 Å². The lowest BCUT2D eigenvalue weighted by Gasteiger charge is -2.34. The molecule has 1 aliphatic carbocycles. The van der Waals surface area contributed by atoms with Crippen LogP contribution >= 0.6 is 0 Å². The number of ether oxygens (including phenoxy) is 1. The summed E-state index contributed by atoms with van der Waals surface area (Å²) in [6, 6.07) is 3.06. The number of aromatic nitrogens is 2. The Labute approximate surface area is 163 Å². The molecule has 1 saturated carbocycles. The van der Waals surface area contributed by atoms with Crippen molar-refractivity contribution in [2.24, 2.45) is 0 Å².